The third kappa shape index (κ3) is 3.90. The number of nitrogens with zero attached hydrogens (tertiary/aromatic N) is 2. The van der Waals surface area contributed by atoms with Crippen LogP contribution in [0.4, 0.5) is 4.39 Å². The maximum atomic E-state index is 13.2. The molecular weight excluding hydrogens is 363 g/mol. The number of amides is 2. The molecule has 0 aliphatic carbocycles. The number of carbonyl (C=O) groups excluding carboxylic acids is 2. The van der Waals surface area contributed by atoms with Crippen molar-refractivity contribution in [3.63, 3.8) is 0 Å². The van der Waals surface area contributed by atoms with Gasteiger partial charge < -0.3 is 15.4 Å². The Labute approximate surface area is 159 Å². The van der Waals surface area contributed by atoms with E-state index in [4.69, 9.17) is 4.74 Å². The highest BCUT2D eigenvalue weighted by molar-refractivity contribution is 5.97. The molecule has 3 aromatic rings. The summed E-state index contributed by atoms with van der Waals surface area (Å²) in [5.41, 5.74) is 1.11. The van der Waals surface area contributed by atoms with Crippen LogP contribution >= 0.6 is 0 Å². The van der Waals surface area contributed by atoms with Gasteiger partial charge in [0.25, 0.3) is 11.8 Å². The number of aromatic nitrogens is 2. The van der Waals surface area contributed by atoms with Crippen molar-refractivity contribution in [1.29, 1.82) is 0 Å². The first-order chi connectivity index (χ1) is 13.6. The molecule has 28 heavy (non-hydrogen) atoms. The van der Waals surface area contributed by atoms with Gasteiger partial charge in [-0.1, -0.05) is 12.1 Å². The zero-order chi connectivity index (χ0) is 19.5. The summed E-state index contributed by atoms with van der Waals surface area (Å²) >= 11 is 0. The summed E-state index contributed by atoms with van der Waals surface area (Å²) in [6.45, 7) is 0.506. The highest BCUT2D eigenvalue weighted by atomic mass is 19.1. The Balaban J connectivity index is 1.67. The van der Waals surface area contributed by atoms with Crippen LogP contribution in [0.15, 0.2) is 48.5 Å². The van der Waals surface area contributed by atoms with Crippen LogP contribution in [-0.2, 0) is 4.79 Å². The Hall–Kier alpha value is -3.55. The molecule has 0 bridgehead atoms. The molecule has 142 valence electrons. The number of hydrogen-bond acceptors (Lipinski definition) is 5. The number of piperidine rings is 1. The number of para-hydroxylation sites is 2. The highest BCUT2D eigenvalue weighted by Gasteiger charge is 2.25. The first kappa shape index (κ1) is 17.8. The minimum absolute atomic E-state index is 0.00834. The van der Waals surface area contributed by atoms with E-state index in [9.17, 15) is 14.0 Å². The summed E-state index contributed by atoms with van der Waals surface area (Å²) in [6, 6.07) is 12.2. The summed E-state index contributed by atoms with van der Waals surface area (Å²) in [7, 11) is 0. The van der Waals surface area contributed by atoms with E-state index in [2.05, 4.69) is 20.6 Å². The van der Waals surface area contributed by atoms with Gasteiger partial charge in [0.1, 0.15) is 11.6 Å². The molecule has 2 amide bonds. The van der Waals surface area contributed by atoms with Gasteiger partial charge in [-0.3, -0.25) is 9.59 Å². The van der Waals surface area contributed by atoms with Crippen LogP contribution in [0.3, 0.4) is 0 Å². The van der Waals surface area contributed by atoms with E-state index in [1.54, 1.807) is 24.3 Å². The Morgan fingerprint density at radius 2 is 1.82 bits per heavy atom. The molecule has 1 aromatic heterocycles. The zero-order valence-corrected chi connectivity index (χ0v) is 14.8. The quantitative estimate of drug-likeness (QED) is 0.726. The summed E-state index contributed by atoms with van der Waals surface area (Å²) in [5, 5.41) is 5.55. The van der Waals surface area contributed by atoms with E-state index in [1.807, 2.05) is 0 Å². The van der Waals surface area contributed by atoms with Crippen LogP contribution < -0.4 is 15.4 Å². The van der Waals surface area contributed by atoms with Gasteiger partial charge in [0.05, 0.1) is 11.0 Å². The number of benzene rings is 2. The number of fused-ring (bicyclic) bond motifs is 1. The maximum Gasteiger partial charge on any atom is 0.275 e. The third-order valence-electron chi connectivity index (χ3n) is 4.36. The summed E-state index contributed by atoms with van der Waals surface area (Å²) in [6.07, 6.45) is 0.841. The minimum Gasteiger partial charge on any atom is -0.437 e. The van der Waals surface area contributed by atoms with E-state index in [-0.39, 0.29) is 29.9 Å². The van der Waals surface area contributed by atoms with Crippen molar-refractivity contribution < 1.29 is 18.7 Å². The average molecular weight is 380 g/mol. The molecule has 1 atom stereocenters. The lowest BCUT2D eigenvalue weighted by atomic mass is 10.1. The van der Waals surface area contributed by atoms with E-state index in [0.717, 1.165) is 0 Å². The molecule has 4 rings (SSSR count). The van der Waals surface area contributed by atoms with Gasteiger partial charge in [0, 0.05) is 19.0 Å². The van der Waals surface area contributed by atoms with Crippen LogP contribution in [0, 0.1) is 5.82 Å². The van der Waals surface area contributed by atoms with E-state index < -0.39 is 11.7 Å². The number of hydrogen-bond donors (Lipinski definition) is 2. The topological polar surface area (TPSA) is 93.2 Å². The summed E-state index contributed by atoms with van der Waals surface area (Å²) in [4.78, 5) is 33.2. The van der Waals surface area contributed by atoms with Gasteiger partial charge in [0.15, 0.2) is 5.69 Å². The molecule has 2 aromatic carbocycles. The van der Waals surface area contributed by atoms with Crippen molar-refractivity contribution in [3.8, 4) is 11.6 Å². The predicted octanol–water partition coefficient (Wildman–Crippen LogP) is 2.57. The van der Waals surface area contributed by atoms with Crippen molar-refractivity contribution in [1.82, 2.24) is 20.6 Å². The molecule has 8 heteroatoms. The fraction of sp³-hybridized carbons (Fsp3) is 0.200. The number of carbonyl (C=O) groups is 2. The van der Waals surface area contributed by atoms with Crippen LogP contribution in [0.1, 0.15) is 23.3 Å². The zero-order valence-electron chi connectivity index (χ0n) is 14.8. The van der Waals surface area contributed by atoms with Crippen LogP contribution in [0.25, 0.3) is 11.0 Å². The molecule has 0 spiro atoms. The van der Waals surface area contributed by atoms with Crippen LogP contribution in [-0.4, -0.2) is 34.4 Å². The number of ether oxygens (including phenoxy) is 1. The second kappa shape index (κ2) is 7.59. The molecule has 2 heterocycles. The molecule has 1 fully saturated rings. The van der Waals surface area contributed by atoms with Crippen molar-refractivity contribution in [2.45, 2.75) is 18.9 Å². The lowest BCUT2D eigenvalue weighted by Crippen LogP contribution is -2.45. The molecule has 1 saturated heterocycles. The standard InChI is InChI=1S/C20H17FN4O3/c21-12-5-7-14(8-6-12)28-20-18(24-15-3-1-2-4-16(15)25-20)19(27)23-13-9-10-22-17(26)11-13/h1-8,13H,9-11H2,(H,22,26)(H,23,27). The van der Waals surface area contributed by atoms with Gasteiger partial charge in [-0.2, -0.15) is 0 Å². The van der Waals surface area contributed by atoms with Gasteiger partial charge in [-0.05, 0) is 42.8 Å². The SMILES string of the molecule is O=C1CC(NC(=O)c2nc3ccccc3nc2Oc2ccc(F)cc2)CCN1. The van der Waals surface area contributed by atoms with Gasteiger partial charge in [-0.15, -0.1) is 0 Å². The molecule has 7 nitrogen and oxygen atoms in total. The Bertz CT molecular complexity index is 1040. The van der Waals surface area contributed by atoms with Crippen molar-refractivity contribution >= 4 is 22.8 Å². The van der Waals surface area contributed by atoms with E-state index >= 15 is 0 Å². The molecule has 0 radical (unpaired) electrons. The molecule has 1 aliphatic rings. The van der Waals surface area contributed by atoms with Crippen molar-refractivity contribution in [2.75, 3.05) is 6.54 Å². The average Bonchev–Trinajstić information content (AvgIpc) is 2.69. The summed E-state index contributed by atoms with van der Waals surface area (Å²) in [5.74, 6) is -0.635. The second-order valence-corrected chi connectivity index (χ2v) is 6.44. The normalized spacial score (nSPS) is 16.5. The third-order valence-corrected chi connectivity index (χ3v) is 4.36. The van der Waals surface area contributed by atoms with Crippen LogP contribution in [0.2, 0.25) is 0 Å². The lowest BCUT2D eigenvalue weighted by Gasteiger charge is -2.23. The summed E-state index contributed by atoms with van der Waals surface area (Å²) < 4.78 is 18.9. The van der Waals surface area contributed by atoms with Gasteiger partial charge in [-0.25, -0.2) is 14.4 Å². The number of halogens is 1. The first-order valence-electron chi connectivity index (χ1n) is 8.86. The van der Waals surface area contributed by atoms with E-state index in [1.165, 1.54) is 24.3 Å². The van der Waals surface area contributed by atoms with Crippen LogP contribution in [0.5, 0.6) is 11.6 Å². The molecule has 1 unspecified atom stereocenters. The van der Waals surface area contributed by atoms with Crippen molar-refractivity contribution in [3.05, 3.63) is 60.0 Å². The van der Waals surface area contributed by atoms with Gasteiger partial charge >= 0.3 is 0 Å². The highest BCUT2D eigenvalue weighted by Crippen LogP contribution is 2.25. The first-order valence-corrected chi connectivity index (χ1v) is 8.86. The molecule has 2 N–H and O–H groups in total. The number of rotatable bonds is 4. The predicted molar refractivity (Wildman–Crippen MR) is 99.5 cm³/mol. The largest absolute Gasteiger partial charge is 0.437 e. The van der Waals surface area contributed by atoms with E-state index in [0.29, 0.717) is 29.7 Å². The molecular formula is C20H17FN4O3. The fourth-order valence-electron chi connectivity index (χ4n) is 2.98. The van der Waals surface area contributed by atoms with Crippen molar-refractivity contribution in [2.24, 2.45) is 0 Å². The molecule has 1 aliphatic heterocycles. The lowest BCUT2D eigenvalue weighted by molar-refractivity contribution is -0.122. The minimum atomic E-state index is -0.477. The van der Waals surface area contributed by atoms with Gasteiger partial charge in [0.2, 0.25) is 5.91 Å². The second-order valence-electron chi connectivity index (χ2n) is 6.44. The molecule has 0 saturated carbocycles. The Morgan fingerprint density at radius 3 is 2.54 bits per heavy atom. The number of nitrogens with one attached hydrogen (secondary N) is 2. The Morgan fingerprint density at radius 1 is 1.11 bits per heavy atom. The fourth-order valence-corrected chi connectivity index (χ4v) is 2.98. The maximum absolute atomic E-state index is 13.2. The smallest absolute Gasteiger partial charge is 0.275 e. The Kier molecular flexibility index (Phi) is 4.84. The monoisotopic (exact) mass is 380 g/mol.